The quantitative estimate of drug-likeness (QED) is 0.416. The monoisotopic (exact) mass is 570 g/mol. The lowest BCUT2D eigenvalue weighted by molar-refractivity contribution is -0.0496. The maximum Gasteiger partial charge on any atom is 0.511 e. The summed E-state index contributed by atoms with van der Waals surface area (Å²) < 4.78 is 80.2. The van der Waals surface area contributed by atoms with Crippen molar-refractivity contribution in [2.75, 3.05) is 12.3 Å². The van der Waals surface area contributed by atoms with Crippen LogP contribution in [0.5, 0.6) is 0 Å². The topological polar surface area (TPSA) is 141 Å². The van der Waals surface area contributed by atoms with Crippen LogP contribution >= 0.6 is 0 Å². The number of carbonyl (C=O) groups excluding carboxylic acids is 1. The minimum absolute atomic E-state index is 0.0174. The number of amides is 1. The number of anilines is 1. The molecule has 1 aliphatic rings. The number of fused-ring (bicyclic) bond motifs is 1. The van der Waals surface area contributed by atoms with Gasteiger partial charge in [-0.2, -0.15) is 22.6 Å². The Morgan fingerprint density at radius 2 is 1.92 bits per heavy atom. The van der Waals surface area contributed by atoms with E-state index in [4.69, 9.17) is 5.73 Å². The van der Waals surface area contributed by atoms with Gasteiger partial charge in [0, 0.05) is 19.3 Å². The lowest BCUT2D eigenvalue weighted by atomic mass is 10.1. The SMILES string of the molecule is CCc1nc(N)n(C=C(C)C)c1C(=O)NCc1ccc(-c2nc3n(n2)CCN(S(=O)(=O)C(F)(F)F)C3)c(F)c1. The third kappa shape index (κ3) is 5.52. The fraction of sp³-hybridized carbons (Fsp3) is 0.391. The molecule has 0 unspecified atom stereocenters. The molecule has 4 rings (SSSR count). The molecule has 1 aliphatic heterocycles. The largest absolute Gasteiger partial charge is 0.511 e. The first-order valence-electron chi connectivity index (χ1n) is 11.8. The van der Waals surface area contributed by atoms with E-state index in [9.17, 15) is 26.4 Å². The van der Waals surface area contributed by atoms with E-state index in [-0.39, 0.29) is 46.2 Å². The molecular weight excluding hydrogens is 544 g/mol. The summed E-state index contributed by atoms with van der Waals surface area (Å²) in [4.78, 5) is 21.3. The van der Waals surface area contributed by atoms with Crippen molar-refractivity contribution < 1.29 is 30.8 Å². The van der Waals surface area contributed by atoms with Crippen LogP contribution in [0, 0.1) is 5.82 Å². The van der Waals surface area contributed by atoms with Crippen molar-refractivity contribution in [1.82, 2.24) is 33.9 Å². The molecule has 0 aliphatic carbocycles. The molecule has 0 atom stereocenters. The average Bonchev–Trinajstić information content (AvgIpc) is 3.41. The van der Waals surface area contributed by atoms with Gasteiger partial charge in [0.05, 0.1) is 24.3 Å². The zero-order chi connectivity index (χ0) is 28.7. The molecule has 210 valence electrons. The Balaban J connectivity index is 1.50. The summed E-state index contributed by atoms with van der Waals surface area (Å²) in [6.45, 7) is 4.26. The van der Waals surface area contributed by atoms with Crippen LogP contribution in [0.1, 0.15) is 48.3 Å². The molecule has 1 aromatic carbocycles. The molecule has 0 bridgehead atoms. The highest BCUT2D eigenvalue weighted by Crippen LogP contribution is 2.30. The van der Waals surface area contributed by atoms with Crippen LogP contribution in [0.2, 0.25) is 0 Å². The number of benzene rings is 1. The van der Waals surface area contributed by atoms with Gasteiger partial charge in [-0.3, -0.25) is 9.36 Å². The molecule has 0 saturated heterocycles. The lowest BCUT2D eigenvalue weighted by Gasteiger charge is -2.26. The van der Waals surface area contributed by atoms with Gasteiger partial charge in [-0.05, 0) is 38.0 Å². The summed E-state index contributed by atoms with van der Waals surface area (Å²) in [6.07, 6.45) is 2.17. The Bertz CT molecular complexity index is 1560. The van der Waals surface area contributed by atoms with E-state index in [0.29, 0.717) is 17.7 Å². The van der Waals surface area contributed by atoms with Crippen molar-refractivity contribution >= 4 is 28.1 Å². The number of halogens is 4. The third-order valence-electron chi connectivity index (χ3n) is 5.94. The number of nitrogens with two attached hydrogens (primary N) is 1. The second-order valence-corrected chi connectivity index (χ2v) is 11.0. The molecule has 3 N–H and O–H groups in total. The smallest absolute Gasteiger partial charge is 0.369 e. The van der Waals surface area contributed by atoms with Gasteiger partial charge < -0.3 is 11.1 Å². The molecule has 16 heteroatoms. The van der Waals surface area contributed by atoms with Crippen LogP contribution in [0.3, 0.4) is 0 Å². The van der Waals surface area contributed by atoms with Crippen molar-refractivity contribution in [3.8, 4) is 11.4 Å². The molecule has 1 amide bonds. The van der Waals surface area contributed by atoms with E-state index in [1.807, 2.05) is 20.8 Å². The Hall–Kier alpha value is -3.79. The van der Waals surface area contributed by atoms with Crippen LogP contribution in [0.25, 0.3) is 17.6 Å². The van der Waals surface area contributed by atoms with Gasteiger partial charge in [-0.1, -0.05) is 18.6 Å². The number of aromatic nitrogens is 5. The fourth-order valence-corrected chi connectivity index (χ4v) is 4.97. The molecule has 0 fully saturated rings. The molecule has 0 saturated carbocycles. The maximum atomic E-state index is 15.0. The van der Waals surface area contributed by atoms with Gasteiger partial charge in [0.1, 0.15) is 17.3 Å². The molecule has 3 heterocycles. The molecule has 39 heavy (non-hydrogen) atoms. The Labute approximate surface area is 221 Å². The second-order valence-electron chi connectivity index (χ2n) is 9.05. The van der Waals surface area contributed by atoms with Gasteiger partial charge in [0.15, 0.2) is 5.82 Å². The minimum atomic E-state index is -5.53. The van der Waals surface area contributed by atoms with Crippen LogP contribution in [-0.2, 0) is 36.1 Å². The Morgan fingerprint density at radius 1 is 1.21 bits per heavy atom. The number of nitrogen functional groups attached to an aromatic ring is 1. The highest BCUT2D eigenvalue weighted by molar-refractivity contribution is 7.89. The number of nitrogens with zero attached hydrogens (tertiary/aromatic N) is 6. The van der Waals surface area contributed by atoms with Gasteiger partial charge in [0.25, 0.3) is 5.91 Å². The number of carbonyl (C=O) groups is 1. The average molecular weight is 571 g/mol. The number of allylic oxidation sites excluding steroid dienone is 1. The molecule has 0 spiro atoms. The zero-order valence-electron chi connectivity index (χ0n) is 21.3. The van der Waals surface area contributed by atoms with E-state index in [1.54, 1.807) is 12.3 Å². The summed E-state index contributed by atoms with van der Waals surface area (Å²) in [5.74, 6) is -1.14. The number of aryl methyl sites for hydroxylation is 1. The number of hydrogen-bond donors (Lipinski definition) is 2. The van der Waals surface area contributed by atoms with E-state index < -0.39 is 40.3 Å². The molecule has 3 aromatic rings. The fourth-order valence-electron chi connectivity index (χ4n) is 4.07. The standard InChI is InChI=1S/C23H26F4N8O3S/c1-4-17-19(34(11-13(2)3)22(28)30-17)21(36)29-10-14-5-6-15(16(24)9-14)20-31-18-12-33(7-8-35(18)32-20)39(37,38)23(25,26)27/h5-6,9,11H,4,7-8,10,12H2,1-3H3,(H2,28,30)(H,29,36). The molecular formula is C23H26F4N8O3S. The zero-order valence-corrected chi connectivity index (χ0v) is 22.1. The van der Waals surface area contributed by atoms with Gasteiger partial charge >= 0.3 is 15.5 Å². The van der Waals surface area contributed by atoms with E-state index in [2.05, 4.69) is 20.4 Å². The first-order chi connectivity index (χ1) is 18.2. The first-order valence-corrected chi connectivity index (χ1v) is 13.3. The summed E-state index contributed by atoms with van der Waals surface area (Å²) in [5, 5.41) is 6.86. The Morgan fingerprint density at radius 3 is 2.54 bits per heavy atom. The number of hydrogen-bond acceptors (Lipinski definition) is 7. The van der Waals surface area contributed by atoms with Gasteiger partial charge in [0.2, 0.25) is 5.95 Å². The number of alkyl halides is 3. The highest BCUT2D eigenvalue weighted by atomic mass is 32.2. The van der Waals surface area contributed by atoms with Gasteiger partial charge in [-0.15, -0.1) is 0 Å². The van der Waals surface area contributed by atoms with E-state index >= 15 is 4.39 Å². The molecule has 11 nitrogen and oxygen atoms in total. The van der Waals surface area contributed by atoms with E-state index in [1.165, 1.54) is 21.4 Å². The number of imidazole rings is 1. The number of nitrogens with one attached hydrogen (secondary N) is 1. The van der Waals surface area contributed by atoms with Crippen LogP contribution < -0.4 is 11.1 Å². The lowest BCUT2D eigenvalue weighted by Crippen LogP contribution is -2.44. The molecule has 2 aromatic heterocycles. The summed E-state index contributed by atoms with van der Waals surface area (Å²) in [5.41, 5.74) is 2.62. The second kappa shape index (κ2) is 10.4. The van der Waals surface area contributed by atoms with Crippen molar-refractivity contribution in [3.05, 3.63) is 52.4 Å². The minimum Gasteiger partial charge on any atom is -0.369 e. The predicted octanol–water partition coefficient (Wildman–Crippen LogP) is 2.90. The van der Waals surface area contributed by atoms with E-state index in [0.717, 1.165) is 5.57 Å². The maximum absolute atomic E-state index is 15.0. The van der Waals surface area contributed by atoms with Gasteiger partial charge in [-0.25, -0.2) is 27.5 Å². The summed E-state index contributed by atoms with van der Waals surface area (Å²) >= 11 is 0. The first kappa shape index (κ1) is 28.2. The number of rotatable bonds is 7. The van der Waals surface area contributed by atoms with Crippen molar-refractivity contribution in [1.29, 1.82) is 0 Å². The van der Waals surface area contributed by atoms with Crippen LogP contribution in [0.4, 0.5) is 23.5 Å². The Kier molecular flexibility index (Phi) is 7.53. The normalized spacial score (nSPS) is 14.2. The van der Waals surface area contributed by atoms with Crippen LogP contribution in [0.15, 0.2) is 23.8 Å². The third-order valence-corrected chi connectivity index (χ3v) is 7.51. The summed E-state index contributed by atoms with van der Waals surface area (Å²) in [6, 6.07) is 4.10. The van der Waals surface area contributed by atoms with Crippen LogP contribution in [-0.4, -0.2) is 55.0 Å². The van der Waals surface area contributed by atoms with Crippen molar-refractivity contribution in [3.63, 3.8) is 0 Å². The highest BCUT2D eigenvalue weighted by Gasteiger charge is 2.50. The molecule has 0 radical (unpaired) electrons. The van der Waals surface area contributed by atoms with Crippen molar-refractivity contribution in [2.45, 2.75) is 52.3 Å². The number of sulfonamides is 1. The summed E-state index contributed by atoms with van der Waals surface area (Å²) in [7, 11) is -5.53. The van der Waals surface area contributed by atoms with Crippen molar-refractivity contribution in [2.24, 2.45) is 0 Å². The predicted molar refractivity (Wildman–Crippen MR) is 134 cm³/mol.